The first-order valence-corrected chi connectivity index (χ1v) is 7.08. The molecular formula is C14H19N3S. The SMILES string of the molecule is CCCc1ccc(C(NC)c2snnc2C)cc1. The van der Waals surface area contributed by atoms with Crippen LogP contribution in [0.1, 0.15) is 41.1 Å². The molecule has 0 saturated carbocycles. The number of nitrogens with one attached hydrogen (secondary N) is 1. The van der Waals surface area contributed by atoms with Gasteiger partial charge in [0, 0.05) is 0 Å². The quantitative estimate of drug-likeness (QED) is 0.898. The molecule has 1 aromatic carbocycles. The van der Waals surface area contributed by atoms with E-state index in [9.17, 15) is 0 Å². The summed E-state index contributed by atoms with van der Waals surface area (Å²) in [5.41, 5.74) is 3.68. The molecule has 1 N–H and O–H groups in total. The predicted octanol–water partition coefficient (Wildman–Crippen LogP) is 3.11. The first kappa shape index (κ1) is 13.2. The Labute approximate surface area is 112 Å². The second-order valence-corrected chi connectivity index (χ2v) is 5.22. The molecule has 1 unspecified atom stereocenters. The van der Waals surface area contributed by atoms with Crippen LogP contribution in [0.15, 0.2) is 24.3 Å². The van der Waals surface area contributed by atoms with Gasteiger partial charge in [-0.05, 0) is 43.1 Å². The van der Waals surface area contributed by atoms with E-state index in [1.54, 1.807) is 0 Å². The molecule has 1 aromatic heterocycles. The monoisotopic (exact) mass is 261 g/mol. The van der Waals surface area contributed by atoms with Crippen LogP contribution in [-0.4, -0.2) is 16.6 Å². The van der Waals surface area contributed by atoms with Gasteiger partial charge in [0.1, 0.15) is 0 Å². The third kappa shape index (κ3) is 2.76. The Morgan fingerprint density at radius 1 is 1.28 bits per heavy atom. The molecule has 2 aromatic rings. The predicted molar refractivity (Wildman–Crippen MR) is 76.0 cm³/mol. The minimum atomic E-state index is 0.195. The zero-order valence-electron chi connectivity index (χ0n) is 11.1. The summed E-state index contributed by atoms with van der Waals surface area (Å²) in [6, 6.07) is 9.03. The van der Waals surface area contributed by atoms with Gasteiger partial charge in [0.25, 0.3) is 0 Å². The highest BCUT2D eigenvalue weighted by Gasteiger charge is 2.17. The van der Waals surface area contributed by atoms with Crippen LogP contribution in [0.4, 0.5) is 0 Å². The molecule has 18 heavy (non-hydrogen) atoms. The van der Waals surface area contributed by atoms with Crippen LogP contribution in [0.25, 0.3) is 0 Å². The van der Waals surface area contributed by atoms with E-state index in [1.807, 2.05) is 14.0 Å². The third-order valence-corrected chi connectivity index (χ3v) is 3.98. The van der Waals surface area contributed by atoms with Gasteiger partial charge in [-0.15, -0.1) is 5.10 Å². The van der Waals surface area contributed by atoms with Gasteiger partial charge >= 0.3 is 0 Å². The van der Waals surface area contributed by atoms with Gasteiger partial charge < -0.3 is 5.32 Å². The Bertz CT molecular complexity index is 490. The molecule has 0 aliphatic rings. The summed E-state index contributed by atoms with van der Waals surface area (Å²) < 4.78 is 4.01. The maximum atomic E-state index is 4.09. The van der Waals surface area contributed by atoms with E-state index in [4.69, 9.17) is 0 Å². The van der Waals surface area contributed by atoms with Crippen molar-refractivity contribution in [3.8, 4) is 0 Å². The van der Waals surface area contributed by atoms with Crippen molar-refractivity contribution in [2.45, 2.75) is 32.7 Å². The fourth-order valence-electron chi connectivity index (χ4n) is 2.12. The van der Waals surface area contributed by atoms with Gasteiger partial charge in [0.15, 0.2) is 0 Å². The number of aryl methyl sites for hydroxylation is 2. The lowest BCUT2D eigenvalue weighted by atomic mass is 10.0. The van der Waals surface area contributed by atoms with Crippen molar-refractivity contribution < 1.29 is 0 Å². The molecule has 0 fully saturated rings. The first-order chi connectivity index (χ1) is 8.76. The summed E-state index contributed by atoms with van der Waals surface area (Å²) in [7, 11) is 1.98. The fraction of sp³-hybridized carbons (Fsp3) is 0.429. The van der Waals surface area contributed by atoms with Crippen LogP contribution in [0.2, 0.25) is 0 Å². The normalized spacial score (nSPS) is 12.6. The van der Waals surface area contributed by atoms with E-state index in [0.717, 1.165) is 12.1 Å². The smallest absolute Gasteiger partial charge is 0.0776 e. The topological polar surface area (TPSA) is 37.8 Å². The van der Waals surface area contributed by atoms with Crippen molar-refractivity contribution in [1.82, 2.24) is 14.9 Å². The molecule has 0 bridgehead atoms. The van der Waals surface area contributed by atoms with E-state index >= 15 is 0 Å². The van der Waals surface area contributed by atoms with Crippen molar-refractivity contribution in [3.05, 3.63) is 46.0 Å². The molecule has 0 radical (unpaired) electrons. The van der Waals surface area contributed by atoms with Crippen LogP contribution >= 0.6 is 11.5 Å². The average Bonchev–Trinajstić information content (AvgIpc) is 2.79. The lowest BCUT2D eigenvalue weighted by Crippen LogP contribution is -2.17. The zero-order chi connectivity index (χ0) is 13.0. The molecule has 3 nitrogen and oxygen atoms in total. The maximum Gasteiger partial charge on any atom is 0.0776 e. The number of nitrogens with zero attached hydrogens (tertiary/aromatic N) is 2. The standard InChI is InChI=1S/C14H19N3S/c1-4-5-11-6-8-12(9-7-11)13(15-3)14-10(2)16-17-18-14/h6-9,13,15H,4-5H2,1-3H3. The number of benzene rings is 1. The fourth-order valence-corrected chi connectivity index (χ4v) is 2.90. The molecule has 1 atom stereocenters. The number of hydrogen-bond acceptors (Lipinski definition) is 4. The summed E-state index contributed by atoms with van der Waals surface area (Å²) >= 11 is 1.47. The molecule has 2 rings (SSSR count). The summed E-state index contributed by atoms with van der Waals surface area (Å²) in [5.74, 6) is 0. The Morgan fingerprint density at radius 2 is 2.00 bits per heavy atom. The molecule has 0 aliphatic carbocycles. The van der Waals surface area contributed by atoms with Gasteiger partial charge in [-0.1, -0.05) is 42.1 Å². The van der Waals surface area contributed by atoms with Gasteiger partial charge in [0.05, 0.1) is 16.6 Å². The van der Waals surface area contributed by atoms with E-state index in [1.165, 1.54) is 34.0 Å². The van der Waals surface area contributed by atoms with Gasteiger partial charge in [-0.2, -0.15) is 0 Å². The lowest BCUT2D eigenvalue weighted by Gasteiger charge is -2.15. The van der Waals surface area contributed by atoms with Crippen molar-refractivity contribution in [2.24, 2.45) is 0 Å². The van der Waals surface area contributed by atoms with Crippen molar-refractivity contribution in [2.75, 3.05) is 7.05 Å². The first-order valence-electron chi connectivity index (χ1n) is 6.31. The van der Waals surface area contributed by atoms with Crippen LogP contribution < -0.4 is 5.32 Å². The third-order valence-electron chi connectivity index (χ3n) is 3.09. The lowest BCUT2D eigenvalue weighted by molar-refractivity contribution is 0.697. The number of rotatable bonds is 5. The van der Waals surface area contributed by atoms with Crippen molar-refractivity contribution in [3.63, 3.8) is 0 Å². The van der Waals surface area contributed by atoms with Gasteiger partial charge in [-0.25, -0.2) is 0 Å². The number of aromatic nitrogens is 2. The van der Waals surface area contributed by atoms with Crippen LogP contribution in [0.5, 0.6) is 0 Å². The van der Waals surface area contributed by atoms with Crippen molar-refractivity contribution in [1.29, 1.82) is 0 Å². The van der Waals surface area contributed by atoms with E-state index in [0.29, 0.717) is 0 Å². The highest BCUT2D eigenvalue weighted by molar-refractivity contribution is 7.05. The number of hydrogen-bond donors (Lipinski definition) is 1. The van der Waals surface area contributed by atoms with Crippen LogP contribution in [0, 0.1) is 6.92 Å². The van der Waals surface area contributed by atoms with Crippen LogP contribution in [-0.2, 0) is 6.42 Å². The maximum absolute atomic E-state index is 4.09. The largest absolute Gasteiger partial charge is 0.309 e. The molecule has 4 heteroatoms. The second-order valence-electron chi connectivity index (χ2n) is 4.44. The molecule has 96 valence electrons. The minimum absolute atomic E-state index is 0.195. The van der Waals surface area contributed by atoms with E-state index < -0.39 is 0 Å². The molecule has 0 saturated heterocycles. The zero-order valence-corrected chi connectivity index (χ0v) is 11.9. The summed E-state index contributed by atoms with van der Waals surface area (Å²) in [6.45, 7) is 4.21. The molecule has 0 aliphatic heterocycles. The van der Waals surface area contributed by atoms with E-state index in [-0.39, 0.29) is 6.04 Å². The van der Waals surface area contributed by atoms with Gasteiger partial charge in [-0.3, -0.25) is 0 Å². The highest BCUT2D eigenvalue weighted by Crippen LogP contribution is 2.26. The second kappa shape index (κ2) is 6.07. The minimum Gasteiger partial charge on any atom is -0.309 e. The average molecular weight is 261 g/mol. The highest BCUT2D eigenvalue weighted by atomic mass is 32.1. The Balaban J connectivity index is 2.25. The summed E-state index contributed by atoms with van der Waals surface area (Å²) in [4.78, 5) is 1.20. The Morgan fingerprint density at radius 3 is 2.50 bits per heavy atom. The molecule has 1 heterocycles. The van der Waals surface area contributed by atoms with Gasteiger partial charge in [0.2, 0.25) is 0 Å². The van der Waals surface area contributed by atoms with Crippen LogP contribution in [0.3, 0.4) is 0 Å². The Kier molecular flexibility index (Phi) is 4.44. The molecular weight excluding hydrogens is 242 g/mol. The van der Waals surface area contributed by atoms with Crippen molar-refractivity contribution >= 4 is 11.5 Å². The molecule has 0 spiro atoms. The molecule has 0 amide bonds. The summed E-state index contributed by atoms with van der Waals surface area (Å²) in [5, 5.41) is 7.43. The van der Waals surface area contributed by atoms with E-state index in [2.05, 4.69) is 46.1 Å². The summed E-state index contributed by atoms with van der Waals surface area (Å²) in [6.07, 6.45) is 2.33. The Hall–Kier alpha value is -1.26.